The highest BCUT2D eigenvalue weighted by Crippen LogP contribution is 2.22. The van der Waals surface area contributed by atoms with Gasteiger partial charge < -0.3 is 5.32 Å². The normalized spacial score (nSPS) is 12.4. The van der Waals surface area contributed by atoms with Crippen molar-refractivity contribution in [1.82, 2.24) is 5.32 Å². The second kappa shape index (κ2) is 6.57. The Morgan fingerprint density at radius 2 is 1.50 bits per heavy atom. The molecular formula is C16H16F3N. The van der Waals surface area contributed by atoms with Gasteiger partial charge in [0.15, 0.2) is 0 Å². The number of benzene rings is 2. The molecule has 0 aliphatic rings. The molecule has 1 nitrogen and oxygen atoms in total. The number of halogens is 3. The highest BCUT2D eigenvalue weighted by molar-refractivity contribution is 5.26. The Morgan fingerprint density at radius 1 is 0.900 bits per heavy atom. The van der Waals surface area contributed by atoms with E-state index in [1.165, 1.54) is 24.3 Å². The summed E-state index contributed by atoms with van der Waals surface area (Å²) in [6.45, 7) is 0.643. The second-order valence-corrected chi connectivity index (χ2v) is 4.79. The van der Waals surface area contributed by atoms with Crippen LogP contribution in [0.4, 0.5) is 13.2 Å². The van der Waals surface area contributed by atoms with E-state index in [0.29, 0.717) is 18.5 Å². The van der Waals surface area contributed by atoms with Crippen LogP contribution >= 0.6 is 0 Å². The van der Waals surface area contributed by atoms with Gasteiger partial charge in [-0.3, -0.25) is 0 Å². The summed E-state index contributed by atoms with van der Waals surface area (Å²) in [7, 11) is 1.81. The van der Waals surface area contributed by atoms with Gasteiger partial charge in [-0.05, 0) is 48.9 Å². The largest absolute Gasteiger partial charge is 0.319 e. The van der Waals surface area contributed by atoms with Crippen molar-refractivity contribution in [3.8, 4) is 0 Å². The fraction of sp³-hybridized carbons (Fsp3) is 0.250. The first-order chi connectivity index (χ1) is 9.58. The molecular weight excluding hydrogens is 263 g/mol. The van der Waals surface area contributed by atoms with E-state index in [9.17, 15) is 13.2 Å². The Bertz CT molecular complexity index is 546. The molecule has 0 radical (unpaired) electrons. The van der Waals surface area contributed by atoms with E-state index in [2.05, 4.69) is 5.32 Å². The van der Waals surface area contributed by atoms with Crippen molar-refractivity contribution in [1.29, 1.82) is 0 Å². The maximum atomic E-state index is 13.2. The van der Waals surface area contributed by atoms with E-state index < -0.39 is 11.6 Å². The third-order valence-corrected chi connectivity index (χ3v) is 3.20. The van der Waals surface area contributed by atoms with Gasteiger partial charge in [-0.25, -0.2) is 13.2 Å². The Kier molecular flexibility index (Phi) is 4.79. The van der Waals surface area contributed by atoms with E-state index in [1.807, 2.05) is 7.05 Å². The van der Waals surface area contributed by atoms with E-state index in [4.69, 9.17) is 0 Å². The summed E-state index contributed by atoms with van der Waals surface area (Å²) in [5.41, 5.74) is 1.53. The van der Waals surface area contributed by atoms with Gasteiger partial charge in [0.1, 0.15) is 17.5 Å². The summed E-state index contributed by atoms with van der Waals surface area (Å²) in [5, 5.41) is 3.05. The van der Waals surface area contributed by atoms with Crippen LogP contribution in [0.25, 0.3) is 0 Å². The molecule has 2 rings (SSSR count). The van der Waals surface area contributed by atoms with Gasteiger partial charge in [0.25, 0.3) is 0 Å². The lowest BCUT2D eigenvalue weighted by Gasteiger charge is -2.17. The van der Waals surface area contributed by atoms with Crippen LogP contribution in [0.1, 0.15) is 17.0 Å². The lowest BCUT2D eigenvalue weighted by Crippen LogP contribution is -2.19. The minimum absolute atomic E-state index is 0.0294. The van der Waals surface area contributed by atoms with Crippen molar-refractivity contribution in [3.63, 3.8) is 0 Å². The molecule has 106 valence electrons. The lowest BCUT2D eigenvalue weighted by molar-refractivity contribution is 0.571. The first-order valence-electron chi connectivity index (χ1n) is 6.43. The van der Waals surface area contributed by atoms with E-state index in [0.717, 1.165) is 11.6 Å². The number of hydrogen-bond donors (Lipinski definition) is 1. The smallest absolute Gasteiger partial charge is 0.126 e. The van der Waals surface area contributed by atoms with Gasteiger partial charge in [0.2, 0.25) is 0 Å². The number of nitrogens with one attached hydrogen (secondary N) is 1. The highest BCUT2D eigenvalue weighted by Gasteiger charge is 2.13. The SMILES string of the molecule is CNCC(Cc1cc(F)cc(F)c1)c1ccc(F)cc1. The van der Waals surface area contributed by atoms with Gasteiger partial charge in [0, 0.05) is 18.5 Å². The zero-order chi connectivity index (χ0) is 14.5. The summed E-state index contributed by atoms with van der Waals surface area (Å²) in [4.78, 5) is 0. The van der Waals surface area contributed by atoms with Crippen molar-refractivity contribution in [3.05, 3.63) is 71.0 Å². The predicted octanol–water partition coefficient (Wildman–Crippen LogP) is 3.65. The lowest BCUT2D eigenvalue weighted by atomic mass is 9.92. The minimum atomic E-state index is -0.581. The number of rotatable bonds is 5. The molecule has 4 heteroatoms. The molecule has 0 saturated carbocycles. The van der Waals surface area contributed by atoms with Crippen LogP contribution in [-0.2, 0) is 6.42 Å². The van der Waals surface area contributed by atoms with Crippen LogP contribution in [0, 0.1) is 17.5 Å². The fourth-order valence-corrected chi connectivity index (χ4v) is 2.30. The van der Waals surface area contributed by atoms with Gasteiger partial charge in [-0.15, -0.1) is 0 Å². The average molecular weight is 279 g/mol. The predicted molar refractivity (Wildman–Crippen MR) is 73.1 cm³/mol. The molecule has 20 heavy (non-hydrogen) atoms. The van der Waals surface area contributed by atoms with Crippen LogP contribution in [0.5, 0.6) is 0 Å². The van der Waals surface area contributed by atoms with Crippen LogP contribution in [0.15, 0.2) is 42.5 Å². The first-order valence-corrected chi connectivity index (χ1v) is 6.43. The van der Waals surface area contributed by atoms with Gasteiger partial charge in [-0.2, -0.15) is 0 Å². The fourth-order valence-electron chi connectivity index (χ4n) is 2.30. The number of likely N-dealkylation sites (N-methyl/N-ethyl adjacent to an activating group) is 1. The topological polar surface area (TPSA) is 12.0 Å². The van der Waals surface area contributed by atoms with Gasteiger partial charge >= 0.3 is 0 Å². The molecule has 0 aromatic heterocycles. The zero-order valence-electron chi connectivity index (χ0n) is 11.2. The van der Waals surface area contributed by atoms with Crippen LogP contribution in [0.3, 0.4) is 0 Å². The van der Waals surface area contributed by atoms with E-state index >= 15 is 0 Å². The maximum absolute atomic E-state index is 13.2. The first kappa shape index (κ1) is 14.6. The Labute approximate surface area is 116 Å². The molecule has 2 aromatic rings. The van der Waals surface area contributed by atoms with Crippen LogP contribution < -0.4 is 5.32 Å². The Hall–Kier alpha value is -1.81. The molecule has 0 saturated heterocycles. The third-order valence-electron chi connectivity index (χ3n) is 3.20. The molecule has 0 aliphatic carbocycles. The quantitative estimate of drug-likeness (QED) is 0.881. The molecule has 0 bridgehead atoms. The molecule has 0 heterocycles. The minimum Gasteiger partial charge on any atom is -0.319 e. The molecule has 0 amide bonds. The molecule has 1 N–H and O–H groups in total. The third kappa shape index (κ3) is 3.84. The second-order valence-electron chi connectivity index (χ2n) is 4.79. The molecule has 1 atom stereocenters. The van der Waals surface area contributed by atoms with Crippen molar-refractivity contribution < 1.29 is 13.2 Å². The Morgan fingerprint density at radius 3 is 2.05 bits per heavy atom. The van der Waals surface area contributed by atoms with E-state index in [-0.39, 0.29) is 11.7 Å². The van der Waals surface area contributed by atoms with Gasteiger partial charge in [0.05, 0.1) is 0 Å². The molecule has 2 aromatic carbocycles. The van der Waals surface area contributed by atoms with Crippen molar-refractivity contribution in [2.45, 2.75) is 12.3 Å². The monoisotopic (exact) mass is 279 g/mol. The molecule has 0 aliphatic heterocycles. The summed E-state index contributed by atoms with van der Waals surface area (Å²) in [6.07, 6.45) is 0.487. The van der Waals surface area contributed by atoms with E-state index in [1.54, 1.807) is 12.1 Å². The summed E-state index contributed by atoms with van der Waals surface area (Å²) in [6, 6.07) is 9.70. The molecule has 1 unspecified atom stereocenters. The standard InChI is InChI=1S/C16H16F3N/c1-20-10-13(12-2-4-14(17)5-3-12)6-11-7-15(18)9-16(19)8-11/h2-5,7-9,13,20H,6,10H2,1H3. The Balaban J connectivity index is 2.22. The van der Waals surface area contributed by atoms with Gasteiger partial charge in [-0.1, -0.05) is 12.1 Å². The summed E-state index contributed by atoms with van der Waals surface area (Å²) >= 11 is 0. The van der Waals surface area contributed by atoms with Crippen LogP contribution in [0.2, 0.25) is 0 Å². The average Bonchev–Trinajstić information content (AvgIpc) is 2.38. The van der Waals surface area contributed by atoms with Crippen LogP contribution in [-0.4, -0.2) is 13.6 Å². The zero-order valence-corrected chi connectivity index (χ0v) is 11.2. The highest BCUT2D eigenvalue weighted by atomic mass is 19.1. The van der Waals surface area contributed by atoms with Crippen molar-refractivity contribution in [2.75, 3.05) is 13.6 Å². The maximum Gasteiger partial charge on any atom is 0.126 e. The molecule has 0 fully saturated rings. The summed E-state index contributed by atoms with van der Waals surface area (Å²) in [5.74, 6) is -1.43. The molecule has 0 spiro atoms. The summed E-state index contributed by atoms with van der Waals surface area (Å²) < 4.78 is 39.4. The number of hydrogen-bond acceptors (Lipinski definition) is 1. The van der Waals surface area contributed by atoms with Crippen molar-refractivity contribution in [2.24, 2.45) is 0 Å². The van der Waals surface area contributed by atoms with Crippen molar-refractivity contribution >= 4 is 0 Å².